The number of amides is 1. The van der Waals surface area contributed by atoms with E-state index in [0.717, 1.165) is 18.4 Å². The molecule has 8 heteroatoms. The van der Waals surface area contributed by atoms with E-state index in [0.29, 0.717) is 42.7 Å². The minimum Gasteiger partial charge on any atom is -0.493 e. The van der Waals surface area contributed by atoms with Crippen molar-refractivity contribution in [1.29, 1.82) is 0 Å². The van der Waals surface area contributed by atoms with E-state index in [1.54, 1.807) is 30.3 Å². The number of ether oxygens (including phenoxy) is 3. The van der Waals surface area contributed by atoms with Gasteiger partial charge in [-0.25, -0.2) is 9.67 Å². The molecule has 0 fully saturated rings. The van der Waals surface area contributed by atoms with Crippen LogP contribution in [0.3, 0.4) is 0 Å². The fourth-order valence-electron chi connectivity index (χ4n) is 2.86. The number of aromatic nitrogens is 3. The molecule has 8 nitrogen and oxygen atoms in total. The Kier molecular flexibility index (Phi) is 8.68. The van der Waals surface area contributed by atoms with Gasteiger partial charge in [0.15, 0.2) is 11.5 Å². The molecule has 0 aliphatic heterocycles. The SMILES string of the molecule is CCCCOc1ccc(/C=C/C(=O)Nc2cccc(OCCn3cncn3)c2)cc1OC. The van der Waals surface area contributed by atoms with E-state index in [4.69, 9.17) is 14.2 Å². The molecule has 1 aromatic heterocycles. The molecule has 0 aliphatic rings. The Bertz CT molecular complexity index is 1020. The van der Waals surface area contributed by atoms with Gasteiger partial charge >= 0.3 is 0 Å². The lowest BCUT2D eigenvalue weighted by Crippen LogP contribution is -2.10. The normalized spacial score (nSPS) is 10.8. The second kappa shape index (κ2) is 12.1. The van der Waals surface area contributed by atoms with Crippen molar-refractivity contribution in [3.8, 4) is 17.2 Å². The minimum atomic E-state index is -0.244. The summed E-state index contributed by atoms with van der Waals surface area (Å²) in [5.41, 5.74) is 1.49. The van der Waals surface area contributed by atoms with Crippen LogP contribution in [0.25, 0.3) is 6.08 Å². The Morgan fingerprint density at radius 2 is 2.03 bits per heavy atom. The van der Waals surface area contributed by atoms with E-state index in [9.17, 15) is 4.79 Å². The predicted octanol–water partition coefficient (Wildman–Crippen LogP) is 4.20. The summed E-state index contributed by atoms with van der Waals surface area (Å²) >= 11 is 0. The fraction of sp³-hybridized carbons (Fsp3) is 0.292. The first-order chi connectivity index (χ1) is 15.7. The average molecular weight is 437 g/mol. The van der Waals surface area contributed by atoms with Crippen molar-refractivity contribution in [1.82, 2.24) is 14.8 Å². The standard InChI is InChI=1S/C24H28N4O4/c1-3-4-13-32-22-10-8-19(15-23(22)30-2)9-11-24(29)27-20-6-5-7-21(16-20)31-14-12-28-18-25-17-26-28/h5-11,15-18H,3-4,12-14H2,1-2H3,(H,27,29)/b11-9+. The van der Waals surface area contributed by atoms with E-state index in [-0.39, 0.29) is 5.91 Å². The van der Waals surface area contributed by atoms with Crippen LogP contribution in [-0.4, -0.2) is 41.0 Å². The molecule has 1 N–H and O–H groups in total. The van der Waals surface area contributed by atoms with Gasteiger partial charge in [-0.15, -0.1) is 0 Å². The monoisotopic (exact) mass is 436 g/mol. The van der Waals surface area contributed by atoms with Crippen LogP contribution in [0.15, 0.2) is 61.2 Å². The van der Waals surface area contributed by atoms with Crippen LogP contribution in [-0.2, 0) is 11.3 Å². The number of nitrogens with one attached hydrogen (secondary N) is 1. The number of anilines is 1. The van der Waals surface area contributed by atoms with E-state index >= 15 is 0 Å². The molecule has 0 saturated carbocycles. The number of hydrogen-bond donors (Lipinski definition) is 1. The summed E-state index contributed by atoms with van der Waals surface area (Å²) in [4.78, 5) is 16.2. The third kappa shape index (κ3) is 7.16. The van der Waals surface area contributed by atoms with Crippen LogP contribution in [0.2, 0.25) is 0 Å². The molecule has 1 amide bonds. The van der Waals surface area contributed by atoms with E-state index < -0.39 is 0 Å². The van der Waals surface area contributed by atoms with Crippen LogP contribution in [0.5, 0.6) is 17.2 Å². The maximum Gasteiger partial charge on any atom is 0.248 e. The molecular weight excluding hydrogens is 408 g/mol. The number of benzene rings is 2. The molecule has 0 atom stereocenters. The van der Waals surface area contributed by atoms with Gasteiger partial charge in [0.1, 0.15) is 25.0 Å². The molecule has 3 rings (SSSR count). The molecule has 0 bridgehead atoms. The van der Waals surface area contributed by atoms with Gasteiger partial charge in [0.2, 0.25) is 5.91 Å². The first-order valence-corrected chi connectivity index (χ1v) is 10.5. The van der Waals surface area contributed by atoms with Crippen molar-refractivity contribution in [3.05, 3.63) is 66.8 Å². The third-order valence-electron chi connectivity index (χ3n) is 4.53. The van der Waals surface area contributed by atoms with Crippen molar-refractivity contribution in [3.63, 3.8) is 0 Å². The van der Waals surface area contributed by atoms with Crippen LogP contribution in [0.4, 0.5) is 5.69 Å². The van der Waals surface area contributed by atoms with Crippen molar-refractivity contribution in [2.75, 3.05) is 25.6 Å². The molecular formula is C24H28N4O4. The van der Waals surface area contributed by atoms with Crippen molar-refractivity contribution in [2.45, 2.75) is 26.3 Å². The lowest BCUT2D eigenvalue weighted by molar-refractivity contribution is -0.111. The Hall–Kier alpha value is -3.81. The Morgan fingerprint density at radius 1 is 1.12 bits per heavy atom. The molecule has 0 radical (unpaired) electrons. The number of hydrogen-bond acceptors (Lipinski definition) is 6. The number of methoxy groups -OCH3 is 1. The summed E-state index contributed by atoms with van der Waals surface area (Å²) in [7, 11) is 1.60. The maximum atomic E-state index is 12.3. The van der Waals surface area contributed by atoms with E-state index in [2.05, 4.69) is 22.3 Å². The van der Waals surface area contributed by atoms with Crippen LogP contribution in [0.1, 0.15) is 25.3 Å². The summed E-state index contributed by atoms with van der Waals surface area (Å²) in [5.74, 6) is 1.75. The summed E-state index contributed by atoms with van der Waals surface area (Å²) in [6.45, 7) is 3.79. The highest BCUT2D eigenvalue weighted by Crippen LogP contribution is 2.28. The van der Waals surface area contributed by atoms with Gasteiger partial charge in [0, 0.05) is 17.8 Å². The number of carbonyl (C=O) groups is 1. The average Bonchev–Trinajstić information content (AvgIpc) is 3.32. The van der Waals surface area contributed by atoms with Gasteiger partial charge in [-0.2, -0.15) is 5.10 Å². The number of carbonyl (C=O) groups excluding carboxylic acids is 1. The highest BCUT2D eigenvalue weighted by atomic mass is 16.5. The molecule has 3 aromatic rings. The first-order valence-electron chi connectivity index (χ1n) is 10.5. The second-order valence-electron chi connectivity index (χ2n) is 6.97. The second-order valence-corrected chi connectivity index (χ2v) is 6.97. The zero-order valence-electron chi connectivity index (χ0n) is 18.4. The molecule has 0 aliphatic carbocycles. The molecule has 0 unspecified atom stereocenters. The minimum absolute atomic E-state index is 0.244. The van der Waals surface area contributed by atoms with Gasteiger partial charge in [-0.3, -0.25) is 4.79 Å². The largest absolute Gasteiger partial charge is 0.493 e. The Labute approximate surface area is 187 Å². The van der Waals surface area contributed by atoms with Gasteiger partial charge in [-0.05, 0) is 42.3 Å². The van der Waals surface area contributed by atoms with Gasteiger partial charge in [-0.1, -0.05) is 25.5 Å². The summed E-state index contributed by atoms with van der Waals surface area (Å²) < 4.78 is 18.6. The summed E-state index contributed by atoms with van der Waals surface area (Å²) in [6.07, 6.45) is 8.37. The highest BCUT2D eigenvalue weighted by Gasteiger charge is 2.05. The lowest BCUT2D eigenvalue weighted by Gasteiger charge is -2.11. The molecule has 2 aromatic carbocycles. The van der Waals surface area contributed by atoms with Crippen LogP contribution < -0.4 is 19.5 Å². The van der Waals surface area contributed by atoms with E-state index in [1.165, 1.54) is 12.4 Å². The Balaban J connectivity index is 1.53. The third-order valence-corrected chi connectivity index (χ3v) is 4.53. The number of rotatable bonds is 12. The van der Waals surface area contributed by atoms with Gasteiger partial charge < -0.3 is 19.5 Å². The summed E-state index contributed by atoms with van der Waals surface area (Å²) in [5, 5.41) is 6.87. The highest BCUT2D eigenvalue weighted by molar-refractivity contribution is 6.02. The van der Waals surface area contributed by atoms with E-state index in [1.807, 2.05) is 36.4 Å². The smallest absolute Gasteiger partial charge is 0.248 e. The number of nitrogens with zero attached hydrogens (tertiary/aromatic N) is 3. The van der Waals surface area contributed by atoms with Gasteiger partial charge in [0.25, 0.3) is 0 Å². The topological polar surface area (TPSA) is 87.5 Å². The maximum absolute atomic E-state index is 12.3. The Morgan fingerprint density at radius 3 is 2.81 bits per heavy atom. The molecule has 0 saturated heterocycles. The summed E-state index contributed by atoms with van der Waals surface area (Å²) in [6, 6.07) is 12.8. The predicted molar refractivity (Wildman–Crippen MR) is 123 cm³/mol. The molecule has 1 heterocycles. The van der Waals surface area contributed by atoms with Crippen molar-refractivity contribution < 1.29 is 19.0 Å². The quantitative estimate of drug-likeness (QED) is 0.338. The molecule has 32 heavy (non-hydrogen) atoms. The lowest BCUT2D eigenvalue weighted by atomic mass is 10.2. The van der Waals surface area contributed by atoms with Crippen LogP contribution >= 0.6 is 0 Å². The molecule has 0 spiro atoms. The first kappa shape index (κ1) is 22.9. The van der Waals surface area contributed by atoms with Crippen LogP contribution in [0, 0.1) is 0 Å². The fourth-order valence-corrected chi connectivity index (χ4v) is 2.86. The van der Waals surface area contributed by atoms with Gasteiger partial charge in [0.05, 0.1) is 20.3 Å². The zero-order valence-corrected chi connectivity index (χ0v) is 18.4. The zero-order chi connectivity index (χ0) is 22.6. The molecule has 168 valence electrons. The van der Waals surface area contributed by atoms with Crippen molar-refractivity contribution in [2.24, 2.45) is 0 Å². The number of unbranched alkanes of at least 4 members (excludes halogenated alkanes) is 1. The van der Waals surface area contributed by atoms with Crippen molar-refractivity contribution >= 4 is 17.7 Å².